The fourth-order valence-corrected chi connectivity index (χ4v) is 2.85. The van der Waals surface area contributed by atoms with Crippen LogP contribution < -0.4 is 5.73 Å². The van der Waals surface area contributed by atoms with E-state index in [0.717, 1.165) is 41.8 Å². The van der Waals surface area contributed by atoms with Gasteiger partial charge in [-0.25, -0.2) is 0 Å². The molecule has 25 heavy (non-hydrogen) atoms. The molecule has 0 saturated carbocycles. The molecule has 0 radical (unpaired) electrons. The van der Waals surface area contributed by atoms with Gasteiger partial charge in [-0.1, -0.05) is 55.8 Å². The maximum atomic E-state index is 9.26. The van der Waals surface area contributed by atoms with E-state index in [0.29, 0.717) is 18.1 Å². The van der Waals surface area contributed by atoms with Gasteiger partial charge in [0.05, 0.1) is 18.2 Å². The summed E-state index contributed by atoms with van der Waals surface area (Å²) in [7, 11) is 0. The predicted molar refractivity (Wildman–Crippen MR) is 98.7 cm³/mol. The monoisotopic (exact) mass is 331 g/mol. The standard InChI is InChI=1S/C20H21N5/c1-2-3-8-19-23-24-20(22)25(19)14-15-9-11-16(12-10-15)18-7-5-4-6-17(18)13-21/h4-7,9-12H,2-3,8,14H2,1H3,(H2,22,24). The Morgan fingerprint density at radius 2 is 1.84 bits per heavy atom. The average molecular weight is 331 g/mol. The molecule has 3 rings (SSSR count). The van der Waals surface area contributed by atoms with Gasteiger partial charge in [0.1, 0.15) is 5.82 Å². The van der Waals surface area contributed by atoms with E-state index in [1.54, 1.807) is 0 Å². The lowest BCUT2D eigenvalue weighted by Crippen LogP contribution is -2.08. The Hall–Kier alpha value is -3.13. The number of benzene rings is 2. The van der Waals surface area contributed by atoms with Crippen molar-refractivity contribution in [2.45, 2.75) is 32.7 Å². The maximum Gasteiger partial charge on any atom is 0.222 e. The van der Waals surface area contributed by atoms with Crippen molar-refractivity contribution < 1.29 is 0 Å². The highest BCUT2D eigenvalue weighted by atomic mass is 15.3. The summed E-state index contributed by atoms with van der Waals surface area (Å²) >= 11 is 0. The minimum absolute atomic E-state index is 0.449. The molecule has 0 aliphatic heterocycles. The number of nitriles is 1. The van der Waals surface area contributed by atoms with Gasteiger partial charge in [-0.2, -0.15) is 5.26 Å². The summed E-state index contributed by atoms with van der Waals surface area (Å²) in [4.78, 5) is 0. The molecule has 1 heterocycles. The van der Waals surface area contributed by atoms with Gasteiger partial charge in [-0.3, -0.25) is 4.57 Å². The molecule has 0 saturated heterocycles. The number of unbranched alkanes of at least 4 members (excludes halogenated alkanes) is 1. The van der Waals surface area contributed by atoms with Gasteiger partial charge in [0.2, 0.25) is 5.95 Å². The van der Waals surface area contributed by atoms with Crippen LogP contribution in [0.4, 0.5) is 5.95 Å². The Bertz CT molecular complexity index is 887. The number of hydrogen-bond donors (Lipinski definition) is 1. The van der Waals surface area contributed by atoms with Gasteiger partial charge < -0.3 is 5.73 Å². The van der Waals surface area contributed by atoms with Crippen LogP contribution in [0.5, 0.6) is 0 Å². The van der Waals surface area contributed by atoms with E-state index in [1.807, 2.05) is 41.0 Å². The Labute approximate surface area is 147 Å². The SMILES string of the molecule is CCCCc1nnc(N)n1Cc1ccc(-c2ccccc2C#N)cc1. The highest BCUT2D eigenvalue weighted by molar-refractivity contribution is 5.70. The van der Waals surface area contributed by atoms with Gasteiger partial charge in [-0.05, 0) is 29.2 Å². The second-order valence-corrected chi connectivity index (χ2v) is 6.02. The van der Waals surface area contributed by atoms with E-state index < -0.39 is 0 Å². The molecule has 0 aliphatic carbocycles. The summed E-state index contributed by atoms with van der Waals surface area (Å²) in [5, 5.41) is 17.5. The molecule has 0 atom stereocenters. The van der Waals surface area contributed by atoms with Crippen molar-refractivity contribution in [3.8, 4) is 17.2 Å². The first-order valence-electron chi connectivity index (χ1n) is 8.49. The van der Waals surface area contributed by atoms with Crippen molar-refractivity contribution in [3.63, 3.8) is 0 Å². The van der Waals surface area contributed by atoms with Crippen molar-refractivity contribution in [1.29, 1.82) is 5.26 Å². The predicted octanol–water partition coefficient (Wildman–Crippen LogP) is 3.79. The summed E-state index contributed by atoms with van der Waals surface area (Å²) < 4.78 is 1.97. The highest BCUT2D eigenvalue weighted by Crippen LogP contribution is 2.24. The van der Waals surface area contributed by atoms with Crippen LogP contribution in [0.3, 0.4) is 0 Å². The summed E-state index contributed by atoms with van der Waals surface area (Å²) in [6, 6.07) is 18.1. The van der Waals surface area contributed by atoms with Gasteiger partial charge in [0.25, 0.3) is 0 Å². The lowest BCUT2D eigenvalue weighted by molar-refractivity contribution is 0.682. The van der Waals surface area contributed by atoms with Gasteiger partial charge in [0, 0.05) is 6.42 Å². The number of hydrogen-bond acceptors (Lipinski definition) is 4. The zero-order valence-electron chi connectivity index (χ0n) is 14.3. The largest absolute Gasteiger partial charge is 0.368 e. The average Bonchev–Trinajstić information content (AvgIpc) is 3.00. The fourth-order valence-electron chi connectivity index (χ4n) is 2.85. The Morgan fingerprint density at radius 3 is 2.56 bits per heavy atom. The van der Waals surface area contributed by atoms with E-state index in [2.05, 4.69) is 35.3 Å². The topological polar surface area (TPSA) is 80.5 Å². The fraction of sp³-hybridized carbons (Fsp3) is 0.250. The molecule has 0 bridgehead atoms. The molecule has 2 N–H and O–H groups in total. The molecule has 1 aromatic heterocycles. The molecule has 5 heteroatoms. The van der Waals surface area contributed by atoms with Crippen LogP contribution in [0.15, 0.2) is 48.5 Å². The van der Waals surface area contributed by atoms with Crippen LogP contribution in [0.25, 0.3) is 11.1 Å². The van der Waals surface area contributed by atoms with Crippen molar-refractivity contribution in [1.82, 2.24) is 14.8 Å². The number of aryl methyl sites for hydroxylation is 1. The number of aromatic nitrogens is 3. The minimum Gasteiger partial charge on any atom is -0.368 e. The lowest BCUT2D eigenvalue weighted by Gasteiger charge is -2.10. The molecular formula is C20H21N5. The van der Waals surface area contributed by atoms with E-state index in [9.17, 15) is 5.26 Å². The molecule has 0 spiro atoms. The van der Waals surface area contributed by atoms with Crippen LogP contribution in [0, 0.1) is 11.3 Å². The smallest absolute Gasteiger partial charge is 0.222 e. The third-order valence-electron chi connectivity index (χ3n) is 4.26. The van der Waals surface area contributed by atoms with Gasteiger partial charge >= 0.3 is 0 Å². The molecule has 2 aromatic carbocycles. The summed E-state index contributed by atoms with van der Waals surface area (Å²) in [5.74, 6) is 1.38. The summed E-state index contributed by atoms with van der Waals surface area (Å²) in [6.45, 7) is 2.81. The summed E-state index contributed by atoms with van der Waals surface area (Å²) in [6.07, 6.45) is 3.07. The molecule has 0 aliphatic rings. The van der Waals surface area contributed by atoms with Crippen LogP contribution in [-0.2, 0) is 13.0 Å². The third kappa shape index (κ3) is 3.69. The Morgan fingerprint density at radius 1 is 1.08 bits per heavy atom. The zero-order chi connectivity index (χ0) is 17.6. The van der Waals surface area contributed by atoms with E-state index in [-0.39, 0.29) is 0 Å². The molecule has 0 fully saturated rings. The first-order valence-corrected chi connectivity index (χ1v) is 8.49. The molecule has 5 nitrogen and oxygen atoms in total. The van der Waals surface area contributed by atoms with E-state index in [4.69, 9.17) is 5.73 Å². The lowest BCUT2D eigenvalue weighted by atomic mass is 9.99. The third-order valence-corrected chi connectivity index (χ3v) is 4.26. The summed E-state index contributed by atoms with van der Waals surface area (Å²) in [5.41, 5.74) is 9.76. The second kappa shape index (κ2) is 7.63. The van der Waals surface area contributed by atoms with Crippen molar-refractivity contribution in [2.24, 2.45) is 0 Å². The van der Waals surface area contributed by atoms with Crippen LogP contribution in [0.2, 0.25) is 0 Å². The number of nitrogen functional groups attached to an aromatic ring is 1. The number of anilines is 1. The normalized spacial score (nSPS) is 10.6. The molecule has 0 unspecified atom stereocenters. The Balaban J connectivity index is 1.82. The van der Waals surface area contributed by atoms with Crippen LogP contribution in [-0.4, -0.2) is 14.8 Å². The Kier molecular flexibility index (Phi) is 5.10. The highest BCUT2D eigenvalue weighted by Gasteiger charge is 2.10. The zero-order valence-corrected chi connectivity index (χ0v) is 14.3. The van der Waals surface area contributed by atoms with Crippen LogP contribution in [0.1, 0.15) is 36.7 Å². The first kappa shape index (κ1) is 16.7. The molecule has 3 aromatic rings. The van der Waals surface area contributed by atoms with Crippen molar-refractivity contribution in [2.75, 3.05) is 5.73 Å². The second-order valence-electron chi connectivity index (χ2n) is 6.02. The van der Waals surface area contributed by atoms with Gasteiger partial charge in [-0.15, -0.1) is 10.2 Å². The molecular weight excluding hydrogens is 310 g/mol. The maximum absolute atomic E-state index is 9.26. The number of nitrogens with zero attached hydrogens (tertiary/aromatic N) is 4. The van der Waals surface area contributed by atoms with Gasteiger partial charge in [0.15, 0.2) is 0 Å². The first-order chi connectivity index (χ1) is 12.2. The van der Waals surface area contributed by atoms with E-state index in [1.165, 1.54) is 0 Å². The van der Waals surface area contributed by atoms with E-state index >= 15 is 0 Å². The van der Waals surface area contributed by atoms with Crippen molar-refractivity contribution in [3.05, 3.63) is 65.5 Å². The molecule has 126 valence electrons. The van der Waals surface area contributed by atoms with Crippen LogP contribution >= 0.6 is 0 Å². The molecule has 0 amide bonds. The number of rotatable bonds is 6. The minimum atomic E-state index is 0.449. The quantitative estimate of drug-likeness (QED) is 0.745. The number of nitrogens with two attached hydrogens (primary N) is 1. The van der Waals surface area contributed by atoms with Crippen molar-refractivity contribution >= 4 is 5.95 Å².